The van der Waals surface area contributed by atoms with Crippen molar-refractivity contribution in [1.82, 2.24) is 20.9 Å². The van der Waals surface area contributed by atoms with Crippen molar-refractivity contribution in [3.63, 3.8) is 0 Å². The van der Waals surface area contributed by atoms with E-state index in [4.69, 9.17) is 17.2 Å². The second-order valence-corrected chi connectivity index (χ2v) is 10.00. The zero-order chi connectivity index (χ0) is 30.6. The number of hydrogen-bond acceptors (Lipinski definition) is 6. The van der Waals surface area contributed by atoms with Crippen LogP contribution in [0.2, 0.25) is 0 Å². The van der Waals surface area contributed by atoms with Gasteiger partial charge in [-0.15, -0.1) is 0 Å². The first kappa shape index (κ1) is 31.6. The van der Waals surface area contributed by atoms with Gasteiger partial charge >= 0.3 is 5.97 Å². The number of H-pyrrole nitrogens is 1. The predicted molar refractivity (Wildman–Crippen MR) is 159 cm³/mol. The van der Waals surface area contributed by atoms with Crippen LogP contribution >= 0.6 is 0 Å². The molecule has 42 heavy (non-hydrogen) atoms. The van der Waals surface area contributed by atoms with Crippen LogP contribution < -0.4 is 33.2 Å². The number of nitrogens with one attached hydrogen (secondary N) is 4. The van der Waals surface area contributed by atoms with Gasteiger partial charge in [0.05, 0.1) is 6.04 Å². The van der Waals surface area contributed by atoms with Gasteiger partial charge in [0.25, 0.3) is 0 Å². The molecule has 0 fully saturated rings. The fourth-order valence-corrected chi connectivity index (χ4v) is 4.41. The Balaban J connectivity index is 1.70. The standard InChI is InChI=1S/C29H38N8O5/c1-17(25(38)36-23(28(41)42)12-7-13-33-29(31)32)35-27(40)24(15-19-16-34-22-11-6-5-10-20(19)22)37-26(39)21(30)14-18-8-3-2-4-9-18/h2-6,8-11,16-17,21,23-24,34H,7,12-15,30H2,1H3,(H,35,40)(H,36,38)(H,37,39)(H,41,42)(H4,31,32,33). The molecule has 13 heteroatoms. The van der Waals surface area contributed by atoms with Crippen LogP contribution in [-0.2, 0) is 32.0 Å². The Morgan fingerprint density at radius 1 is 0.881 bits per heavy atom. The van der Waals surface area contributed by atoms with Crippen LogP contribution in [0.4, 0.5) is 0 Å². The molecule has 1 heterocycles. The van der Waals surface area contributed by atoms with Gasteiger partial charge in [0, 0.05) is 30.1 Å². The number of carbonyl (C=O) groups excluding carboxylic acids is 3. The number of nitrogens with two attached hydrogens (primary N) is 3. The molecule has 0 aliphatic carbocycles. The number of nitrogens with zero attached hydrogens (tertiary/aromatic N) is 1. The molecule has 3 aromatic rings. The lowest BCUT2D eigenvalue weighted by atomic mass is 10.0. The van der Waals surface area contributed by atoms with Crippen molar-refractivity contribution in [2.45, 2.75) is 56.8 Å². The summed E-state index contributed by atoms with van der Waals surface area (Å²) in [7, 11) is 0. The monoisotopic (exact) mass is 578 g/mol. The Labute approximate surface area is 243 Å². The molecular weight excluding hydrogens is 540 g/mol. The highest BCUT2D eigenvalue weighted by Gasteiger charge is 2.29. The van der Waals surface area contributed by atoms with Gasteiger partial charge in [0.2, 0.25) is 17.7 Å². The van der Waals surface area contributed by atoms with Gasteiger partial charge in [0.1, 0.15) is 18.1 Å². The Morgan fingerprint density at radius 3 is 2.24 bits per heavy atom. The quantitative estimate of drug-likeness (QED) is 0.0687. The summed E-state index contributed by atoms with van der Waals surface area (Å²) >= 11 is 0. The smallest absolute Gasteiger partial charge is 0.326 e. The van der Waals surface area contributed by atoms with Gasteiger partial charge in [0.15, 0.2) is 5.96 Å². The number of aromatic amines is 1. The van der Waals surface area contributed by atoms with Crippen molar-refractivity contribution in [3.05, 3.63) is 71.9 Å². The van der Waals surface area contributed by atoms with E-state index in [2.05, 4.69) is 25.9 Å². The van der Waals surface area contributed by atoms with E-state index in [0.29, 0.717) is 6.42 Å². The Kier molecular flexibility index (Phi) is 11.4. The van der Waals surface area contributed by atoms with Gasteiger partial charge in [-0.25, -0.2) is 4.79 Å². The number of rotatable bonds is 15. The number of aliphatic imine (C=N–C) groups is 1. The first-order valence-corrected chi connectivity index (χ1v) is 13.6. The molecular formula is C29H38N8O5. The molecule has 0 aliphatic heterocycles. The fraction of sp³-hybridized carbons (Fsp3) is 0.345. The maximum atomic E-state index is 13.4. The number of carboxylic acid groups (broad SMARTS) is 1. The molecule has 224 valence electrons. The number of amides is 3. The number of hydrogen-bond donors (Lipinski definition) is 8. The van der Waals surface area contributed by atoms with E-state index < -0.39 is 47.9 Å². The molecule has 0 radical (unpaired) electrons. The van der Waals surface area contributed by atoms with Crippen molar-refractivity contribution >= 4 is 40.6 Å². The number of aromatic nitrogens is 1. The van der Waals surface area contributed by atoms with Crippen LogP contribution in [-0.4, -0.2) is 70.5 Å². The van der Waals surface area contributed by atoms with E-state index in [0.717, 1.165) is 22.0 Å². The van der Waals surface area contributed by atoms with Crippen LogP contribution in [0.3, 0.4) is 0 Å². The molecule has 4 unspecified atom stereocenters. The van der Waals surface area contributed by atoms with Gasteiger partial charge in [-0.2, -0.15) is 0 Å². The molecule has 4 atom stereocenters. The van der Waals surface area contributed by atoms with Crippen LogP contribution in [0.1, 0.15) is 30.9 Å². The Morgan fingerprint density at radius 2 is 1.55 bits per heavy atom. The lowest BCUT2D eigenvalue weighted by molar-refractivity contribution is -0.142. The van der Waals surface area contributed by atoms with E-state index >= 15 is 0 Å². The average molecular weight is 579 g/mol. The molecule has 0 saturated carbocycles. The molecule has 3 amide bonds. The van der Waals surface area contributed by atoms with Crippen molar-refractivity contribution in [1.29, 1.82) is 0 Å². The van der Waals surface area contributed by atoms with Gasteiger partial charge < -0.3 is 43.2 Å². The minimum Gasteiger partial charge on any atom is -0.480 e. The summed E-state index contributed by atoms with van der Waals surface area (Å²) in [6.07, 6.45) is 2.55. The lowest BCUT2D eigenvalue weighted by Gasteiger charge is -2.23. The number of benzene rings is 2. The van der Waals surface area contributed by atoms with Crippen LogP contribution in [0.5, 0.6) is 0 Å². The third kappa shape index (κ3) is 9.34. The first-order valence-electron chi connectivity index (χ1n) is 13.6. The summed E-state index contributed by atoms with van der Waals surface area (Å²) in [4.78, 5) is 57.9. The van der Waals surface area contributed by atoms with Crippen LogP contribution in [0.15, 0.2) is 65.8 Å². The second-order valence-electron chi connectivity index (χ2n) is 10.00. The van der Waals surface area contributed by atoms with Crippen molar-refractivity contribution in [2.24, 2.45) is 22.2 Å². The molecule has 0 saturated heterocycles. The number of aliphatic carboxylic acids is 1. The highest BCUT2D eigenvalue weighted by molar-refractivity contribution is 5.94. The van der Waals surface area contributed by atoms with E-state index in [1.165, 1.54) is 6.92 Å². The minimum absolute atomic E-state index is 0.0804. The summed E-state index contributed by atoms with van der Waals surface area (Å²) in [5, 5.41) is 18.2. The summed E-state index contributed by atoms with van der Waals surface area (Å²) in [6, 6.07) is 12.5. The lowest BCUT2D eigenvalue weighted by Crippen LogP contribution is -2.57. The predicted octanol–water partition coefficient (Wildman–Crippen LogP) is -0.107. The number of carboxylic acids is 1. The summed E-state index contributed by atoms with van der Waals surface area (Å²) in [6.45, 7) is 1.63. The molecule has 11 N–H and O–H groups in total. The van der Waals surface area contributed by atoms with Gasteiger partial charge in [-0.1, -0.05) is 48.5 Å². The maximum Gasteiger partial charge on any atom is 0.326 e. The first-order chi connectivity index (χ1) is 20.0. The maximum absolute atomic E-state index is 13.4. The topological polar surface area (TPSA) is 231 Å². The molecule has 0 bridgehead atoms. The van der Waals surface area contributed by atoms with Gasteiger partial charge in [-0.3, -0.25) is 19.4 Å². The summed E-state index contributed by atoms with van der Waals surface area (Å²) < 4.78 is 0. The van der Waals surface area contributed by atoms with E-state index in [-0.39, 0.29) is 31.8 Å². The van der Waals surface area contributed by atoms with E-state index in [9.17, 15) is 24.3 Å². The highest BCUT2D eigenvalue weighted by atomic mass is 16.4. The minimum atomic E-state index is -1.23. The van der Waals surface area contributed by atoms with E-state index in [1.807, 2.05) is 54.6 Å². The normalized spacial score (nSPS) is 13.8. The molecule has 1 aromatic heterocycles. The van der Waals surface area contributed by atoms with Gasteiger partial charge in [-0.05, 0) is 43.4 Å². The SMILES string of the molecule is CC(NC(=O)C(Cc1c[nH]c2ccccc12)NC(=O)C(N)Cc1ccccc1)C(=O)NC(CCCN=C(N)N)C(=O)O. The number of para-hydroxylation sites is 1. The van der Waals surface area contributed by atoms with Crippen molar-refractivity contribution in [3.8, 4) is 0 Å². The highest BCUT2D eigenvalue weighted by Crippen LogP contribution is 2.19. The molecule has 2 aromatic carbocycles. The van der Waals surface area contributed by atoms with Crippen molar-refractivity contribution < 1.29 is 24.3 Å². The van der Waals surface area contributed by atoms with Crippen LogP contribution in [0, 0.1) is 0 Å². The number of guanidine groups is 1. The summed E-state index contributed by atoms with van der Waals surface area (Å²) in [5.41, 5.74) is 19.2. The molecule has 0 aliphatic rings. The Bertz CT molecular complexity index is 1400. The zero-order valence-corrected chi connectivity index (χ0v) is 23.4. The van der Waals surface area contributed by atoms with E-state index in [1.54, 1.807) is 6.20 Å². The molecule has 3 rings (SSSR count). The fourth-order valence-electron chi connectivity index (χ4n) is 4.41. The Hall–Kier alpha value is -4.91. The van der Waals surface area contributed by atoms with Crippen molar-refractivity contribution in [2.75, 3.05) is 6.54 Å². The average Bonchev–Trinajstić information content (AvgIpc) is 3.37. The third-order valence-electron chi connectivity index (χ3n) is 6.68. The van der Waals surface area contributed by atoms with Crippen LogP contribution in [0.25, 0.3) is 10.9 Å². The number of carbonyl (C=O) groups is 4. The number of fused-ring (bicyclic) bond motifs is 1. The molecule has 13 nitrogen and oxygen atoms in total. The zero-order valence-electron chi connectivity index (χ0n) is 23.4. The third-order valence-corrected chi connectivity index (χ3v) is 6.68. The largest absolute Gasteiger partial charge is 0.480 e. The summed E-state index contributed by atoms with van der Waals surface area (Å²) in [5.74, 6) is -3.19. The second kappa shape index (κ2) is 15.2. The molecule has 0 spiro atoms.